The zero-order chi connectivity index (χ0) is 25.6. The van der Waals surface area contributed by atoms with Crippen molar-refractivity contribution < 1.29 is 14.3 Å². The van der Waals surface area contributed by atoms with Crippen molar-refractivity contribution in [1.29, 1.82) is 0 Å². The Bertz CT molecular complexity index is 1330. The number of likely N-dealkylation sites (tertiary alicyclic amines) is 1. The van der Waals surface area contributed by atoms with Crippen LogP contribution >= 0.6 is 0 Å². The Kier molecular flexibility index (Phi) is 6.29. The number of anilines is 1. The molecule has 2 aliphatic rings. The summed E-state index contributed by atoms with van der Waals surface area (Å²) in [5.41, 5.74) is 5.31. The first-order valence-corrected chi connectivity index (χ1v) is 12.8. The van der Waals surface area contributed by atoms with Crippen LogP contribution in [0.25, 0.3) is 22.2 Å². The van der Waals surface area contributed by atoms with Crippen LogP contribution in [-0.2, 0) is 17.8 Å². The molecule has 0 saturated carbocycles. The highest BCUT2D eigenvalue weighted by atomic mass is 16.6. The van der Waals surface area contributed by atoms with Gasteiger partial charge in [-0.1, -0.05) is 12.5 Å². The van der Waals surface area contributed by atoms with Crippen LogP contribution in [0.1, 0.15) is 61.5 Å². The van der Waals surface area contributed by atoms with Gasteiger partial charge in [0.15, 0.2) is 0 Å². The van der Waals surface area contributed by atoms with Crippen molar-refractivity contribution in [3.05, 3.63) is 53.1 Å². The summed E-state index contributed by atoms with van der Waals surface area (Å²) in [4.78, 5) is 31.0. The minimum Gasteiger partial charge on any atom is -0.443 e. The lowest BCUT2D eigenvalue weighted by molar-refractivity contribution is 0.0547. The van der Waals surface area contributed by atoms with Gasteiger partial charge < -0.3 is 15.0 Å². The predicted molar refractivity (Wildman–Crippen MR) is 144 cm³/mol. The summed E-state index contributed by atoms with van der Waals surface area (Å²) in [6.45, 7) is 9.23. The molecule has 2 aliphatic heterocycles. The summed E-state index contributed by atoms with van der Waals surface area (Å²) in [5.74, 6) is -0.114. The van der Waals surface area contributed by atoms with E-state index in [9.17, 15) is 9.59 Å². The third-order valence-electron chi connectivity index (χ3n) is 6.96. The molecule has 0 atom stereocenters. The number of ether oxygens (including phenoxy) is 1. The molecule has 0 unspecified atom stereocenters. The molecular formula is C29H36N4O3. The van der Waals surface area contributed by atoms with Crippen LogP contribution in [-0.4, -0.2) is 54.3 Å². The van der Waals surface area contributed by atoms with E-state index in [1.807, 2.05) is 64.0 Å². The number of carbonyl (C=O) groups excluding carboxylic acids is 2. The summed E-state index contributed by atoms with van der Waals surface area (Å²) in [7, 11) is 3.96. The van der Waals surface area contributed by atoms with Crippen molar-refractivity contribution in [3.63, 3.8) is 0 Å². The molecule has 1 fully saturated rings. The minimum atomic E-state index is -0.649. The van der Waals surface area contributed by atoms with Crippen molar-refractivity contribution in [3.8, 4) is 11.3 Å². The molecular weight excluding hydrogens is 452 g/mol. The van der Waals surface area contributed by atoms with Gasteiger partial charge in [0.25, 0.3) is 5.91 Å². The Morgan fingerprint density at radius 3 is 2.50 bits per heavy atom. The Balaban J connectivity index is 1.67. The number of fused-ring (bicyclic) bond motifs is 2. The smallest absolute Gasteiger partial charge is 0.419 e. The molecule has 190 valence electrons. The number of hydrogen-bond acceptors (Lipinski definition) is 5. The average molecular weight is 489 g/mol. The molecule has 5 rings (SSSR count). The van der Waals surface area contributed by atoms with Gasteiger partial charge in [0.1, 0.15) is 5.60 Å². The highest BCUT2D eigenvalue weighted by Gasteiger charge is 2.29. The molecule has 0 radical (unpaired) electrons. The summed E-state index contributed by atoms with van der Waals surface area (Å²) in [6.07, 6.45) is 3.36. The van der Waals surface area contributed by atoms with Crippen molar-refractivity contribution in [2.24, 2.45) is 0 Å². The van der Waals surface area contributed by atoms with E-state index < -0.39 is 11.7 Å². The van der Waals surface area contributed by atoms with Crippen molar-refractivity contribution in [2.75, 3.05) is 32.1 Å². The van der Waals surface area contributed by atoms with Crippen molar-refractivity contribution >= 4 is 28.6 Å². The predicted octanol–water partition coefficient (Wildman–Crippen LogP) is 5.39. The van der Waals surface area contributed by atoms with Crippen LogP contribution in [0.15, 0.2) is 36.4 Å². The third kappa shape index (κ3) is 4.72. The fourth-order valence-electron chi connectivity index (χ4n) is 5.26. The quantitative estimate of drug-likeness (QED) is 0.534. The van der Waals surface area contributed by atoms with Crippen LogP contribution in [0, 0.1) is 0 Å². The first kappa shape index (κ1) is 24.4. The lowest BCUT2D eigenvalue weighted by atomic mass is 9.98. The maximum atomic E-state index is 13.6. The van der Waals surface area contributed by atoms with Gasteiger partial charge in [-0.25, -0.2) is 9.36 Å². The van der Waals surface area contributed by atoms with Gasteiger partial charge in [-0.2, -0.15) is 0 Å². The van der Waals surface area contributed by atoms with Crippen molar-refractivity contribution in [1.82, 2.24) is 14.8 Å². The topological polar surface area (TPSA) is 66.8 Å². The standard InChI is InChI=1S/C29H36N4O3/c1-29(2,3)36-28(35)33-24-10-9-19(18-32-11-7-6-8-12-32)13-20(24)15-25(33)23-16-22(31(4)5)14-21-17-30-27(34)26(21)23/h9-10,13-16H,6-8,11-12,17-18H2,1-5H3,(H,30,34). The van der Waals surface area contributed by atoms with E-state index in [2.05, 4.69) is 22.3 Å². The van der Waals surface area contributed by atoms with Crippen LogP contribution < -0.4 is 10.2 Å². The summed E-state index contributed by atoms with van der Waals surface area (Å²) in [5, 5.41) is 3.91. The summed E-state index contributed by atoms with van der Waals surface area (Å²) in [6, 6.07) is 12.3. The van der Waals surface area contributed by atoms with E-state index in [-0.39, 0.29) is 5.91 Å². The van der Waals surface area contributed by atoms with Gasteiger partial charge in [-0.05, 0) is 88.2 Å². The van der Waals surface area contributed by atoms with E-state index >= 15 is 0 Å². The Hall–Kier alpha value is -3.32. The second-order valence-electron chi connectivity index (χ2n) is 11.2. The fourth-order valence-corrected chi connectivity index (χ4v) is 5.26. The lowest BCUT2D eigenvalue weighted by Crippen LogP contribution is -2.29. The molecule has 1 amide bonds. The van der Waals surface area contributed by atoms with E-state index in [0.29, 0.717) is 17.8 Å². The normalized spacial score (nSPS) is 16.2. The second kappa shape index (κ2) is 9.28. The molecule has 36 heavy (non-hydrogen) atoms. The molecule has 3 aromatic rings. The number of nitrogens with one attached hydrogen (secondary N) is 1. The molecule has 0 aliphatic carbocycles. The van der Waals surface area contributed by atoms with Crippen LogP contribution in [0.2, 0.25) is 0 Å². The van der Waals surface area contributed by atoms with Crippen molar-refractivity contribution in [2.45, 2.75) is 58.7 Å². The lowest BCUT2D eigenvalue weighted by Gasteiger charge is -2.26. The zero-order valence-electron chi connectivity index (χ0n) is 22.0. The zero-order valence-corrected chi connectivity index (χ0v) is 22.0. The van der Waals surface area contributed by atoms with Gasteiger partial charge in [0, 0.05) is 43.8 Å². The average Bonchev–Trinajstić information content (AvgIpc) is 3.38. The number of rotatable bonds is 4. The Morgan fingerprint density at radius 2 is 1.81 bits per heavy atom. The van der Waals surface area contributed by atoms with Gasteiger partial charge in [0.05, 0.1) is 16.8 Å². The monoisotopic (exact) mass is 488 g/mol. The van der Waals surface area contributed by atoms with E-state index in [1.54, 1.807) is 4.57 Å². The minimum absolute atomic E-state index is 0.114. The van der Waals surface area contributed by atoms with E-state index in [0.717, 1.165) is 47.4 Å². The molecule has 0 bridgehead atoms. The molecule has 1 aromatic heterocycles. The summed E-state index contributed by atoms with van der Waals surface area (Å²) >= 11 is 0. The number of amides is 1. The Labute approximate surface area is 213 Å². The summed E-state index contributed by atoms with van der Waals surface area (Å²) < 4.78 is 7.46. The number of aromatic nitrogens is 1. The van der Waals surface area contributed by atoms with Gasteiger partial charge >= 0.3 is 6.09 Å². The molecule has 3 heterocycles. The highest BCUT2D eigenvalue weighted by Crippen LogP contribution is 2.37. The maximum absolute atomic E-state index is 13.6. The first-order valence-electron chi connectivity index (χ1n) is 12.8. The molecule has 0 spiro atoms. The van der Waals surface area contributed by atoms with Crippen LogP contribution in [0.3, 0.4) is 0 Å². The van der Waals surface area contributed by atoms with Gasteiger partial charge in [-0.15, -0.1) is 0 Å². The van der Waals surface area contributed by atoms with Crippen LogP contribution in [0.4, 0.5) is 10.5 Å². The Morgan fingerprint density at radius 1 is 1.06 bits per heavy atom. The molecule has 1 N–H and O–H groups in total. The fraction of sp³-hybridized carbons (Fsp3) is 0.448. The highest BCUT2D eigenvalue weighted by molar-refractivity contribution is 6.07. The van der Waals surface area contributed by atoms with Crippen LogP contribution in [0.5, 0.6) is 0 Å². The third-order valence-corrected chi connectivity index (χ3v) is 6.96. The first-order chi connectivity index (χ1) is 17.1. The molecule has 1 saturated heterocycles. The largest absolute Gasteiger partial charge is 0.443 e. The molecule has 2 aromatic carbocycles. The number of benzene rings is 2. The SMILES string of the molecule is CN(C)c1cc2c(c(-c3cc4cc(CN5CCCCC5)ccc4n3C(=O)OC(C)(C)C)c1)C(=O)NC2. The molecule has 7 nitrogen and oxygen atoms in total. The van der Waals surface area contributed by atoms with Gasteiger partial charge in [-0.3, -0.25) is 9.69 Å². The van der Waals surface area contributed by atoms with E-state index in [1.165, 1.54) is 24.8 Å². The second-order valence-corrected chi connectivity index (χ2v) is 11.2. The van der Waals surface area contributed by atoms with Gasteiger partial charge in [0.2, 0.25) is 0 Å². The number of piperidine rings is 1. The molecule has 7 heteroatoms. The number of hydrogen-bond donors (Lipinski definition) is 1. The number of carbonyl (C=O) groups is 2. The maximum Gasteiger partial charge on any atom is 0.419 e. The number of nitrogens with zero attached hydrogens (tertiary/aromatic N) is 3. The van der Waals surface area contributed by atoms with E-state index in [4.69, 9.17) is 4.74 Å².